The molecule has 2 heterocycles. The molecule has 0 bridgehead atoms. The van der Waals surface area contributed by atoms with E-state index in [9.17, 15) is 4.79 Å². The van der Waals surface area contributed by atoms with E-state index in [4.69, 9.17) is 16.7 Å². The number of benzene rings is 1. The molecule has 2 aromatic rings. The highest BCUT2D eigenvalue weighted by atomic mass is 35.5. The fourth-order valence-electron chi connectivity index (χ4n) is 2.21. The predicted octanol–water partition coefficient (Wildman–Crippen LogP) is 2.41. The molecular formula is C13H11ClN2O2. The zero-order valence-electron chi connectivity index (χ0n) is 9.51. The van der Waals surface area contributed by atoms with Gasteiger partial charge in [0.2, 0.25) is 0 Å². The first kappa shape index (κ1) is 11.3. The normalized spacial score (nSPS) is 15.7. The average Bonchev–Trinajstić information content (AvgIpc) is 2.26. The third kappa shape index (κ3) is 1.78. The largest absolute Gasteiger partial charge is 0.481 e. The molecule has 1 fully saturated rings. The number of anilines is 1. The third-order valence-electron chi connectivity index (χ3n) is 3.25. The molecule has 92 valence electrons. The lowest BCUT2D eigenvalue weighted by atomic mass is 9.98. The molecule has 3 rings (SSSR count). The molecule has 1 N–H and O–H groups in total. The van der Waals surface area contributed by atoms with Gasteiger partial charge in [-0.3, -0.25) is 9.78 Å². The van der Waals surface area contributed by atoms with Crippen molar-refractivity contribution in [2.45, 2.75) is 0 Å². The molecule has 0 amide bonds. The minimum Gasteiger partial charge on any atom is -0.481 e. The van der Waals surface area contributed by atoms with Gasteiger partial charge in [0, 0.05) is 35.4 Å². The first-order valence-electron chi connectivity index (χ1n) is 5.67. The second kappa shape index (κ2) is 4.14. The first-order valence-corrected chi connectivity index (χ1v) is 6.05. The predicted molar refractivity (Wildman–Crippen MR) is 70.1 cm³/mol. The standard InChI is InChI=1S/C13H11ClN2O2/c14-9-1-2-10-11(5-9)15-4-3-12(10)16-6-8(7-16)13(17)18/h1-5,8H,6-7H2,(H,17,18). The van der Waals surface area contributed by atoms with Crippen LogP contribution in [0.3, 0.4) is 0 Å². The van der Waals surface area contributed by atoms with Crippen LogP contribution in [0.5, 0.6) is 0 Å². The number of fused-ring (bicyclic) bond motifs is 1. The van der Waals surface area contributed by atoms with Gasteiger partial charge in [0.15, 0.2) is 0 Å². The monoisotopic (exact) mass is 262 g/mol. The minimum atomic E-state index is -0.729. The van der Waals surface area contributed by atoms with Gasteiger partial charge in [-0.1, -0.05) is 11.6 Å². The van der Waals surface area contributed by atoms with Gasteiger partial charge in [-0.15, -0.1) is 0 Å². The number of nitrogens with zero attached hydrogens (tertiary/aromatic N) is 2. The Morgan fingerprint density at radius 2 is 2.17 bits per heavy atom. The molecule has 18 heavy (non-hydrogen) atoms. The molecule has 5 heteroatoms. The van der Waals surface area contributed by atoms with E-state index in [1.807, 2.05) is 24.3 Å². The van der Waals surface area contributed by atoms with Gasteiger partial charge in [-0.2, -0.15) is 0 Å². The summed E-state index contributed by atoms with van der Waals surface area (Å²) in [4.78, 5) is 17.1. The molecule has 1 aromatic heterocycles. The van der Waals surface area contributed by atoms with Gasteiger partial charge in [0.25, 0.3) is 0 Å². The molecule has 0 spiro atoms. The van der Waals surface area contributed by atoms with Crippen LogP contribution in [-0.4, -0.2) is 29.1 Å². The number of hydrogen-bond acceptors (Lipinski definition) is 3. The number of carboxylic acid groups (broad SMARTS) is 1. The minimum absolute atomic E-state index is 0.263. The van der Waals surface area contributed by atoms with Gasteiger partial charge in [-0.05, 0) is 24.3 Å². The Hall–Kier alpha value is -1.81. The summed E-state index contributed by atoms with van der Waals surface area (Å²) in [6, 6.07) is 7.47. The van der Waals surface area contributed by atoms with E-state index in [-0.39, 0.29) is 5.92 Å². The number of carboxylic acids is 1. The Morgan fingerprint density at radius 1 is 1.39 bits per heavy atom. The zero-order valence-corrected chi connectivity index (χ0v) is 10.3. The van der Waals surface area contributed by atoms with Crippen LogP contribution in [0.25, 0.3) is 10.9 Å². The maximum absolute atomic E-state index is 10.8. The Bertz CT molecular complexity index is 623. The number of aromatic nitrogens is 1. The van der Waals surface area contributed by atoms with Crippen molar-refractivity contribution in [3.63, 3.8) is 0 Å². The van der Waals surface area contributed by atoms with Gasteiger partial charge < -0.3 is 10.0 Å². The lowest BCUT2D eigenvalue weighted by Gasteiger charge is -2.39. The van der Waals surface area contributed by atoms with Crippen molar-refractivity contribution in [3.05, 3.63) is 35.5 Å². The molecule has 0 saturated carbocycles. The summed E-state index contributed by atoms with van der Waals surface area (Å²) in [5.41, 5.74) is 1.85. The summed E-state index contributed by atoms with van der Waals surface area (Å²) >= 11 is 5.93. The Labute approximate surface area is 109 Å². The second-order valence-corrected chi connectivity index (χ2v) is 4.87. The Morgan fingerprint density at radius 3 is 2.89 bits per heavy atom. The highest BCUT2D eigenvalue weighted by Crippen LogP contribution is 2.31. The number of halogens is 1. The maximum Gasteiger partial charge on any atom is 0.310 e. The quantitative estimate of drug-likeness (QED) is 0.903. The van der Waals surface area contributed by atoms with Crippen molar-refractivity contribution in [1.29, 1.82) is 0 Å². The van der Waals surface area contributed by atoms with E-state index in [2.05, 4.69) is 9.88 Å². The molecule has 0 radical (unpaired) electrons. The van der Waals surface area contributed by atoms with Crippen LogP contribution < -0.4 is 4.90 Å². The van der Waals surface area contributed by atoms with Crippen LogP contribution in [-0.2, 0) is 4.79 Å². The maximum atomic E-state index is 10.8. The van der Waals surface area contributed by atoms with Crippen molar-refractivity contribution in [1.82, 2.24) is 4.98 Å². The zero-order chi connectivity index (χ0) is 12.7. The molecule has 0 atom stereocenters. The van der Waals surface area contributed by atoms with Crippen LogP contribution in [0.4, 0.5) is 5.69 Å². The molecule has 4 nitrogen and oxygen atoms in total. The van der Waals surface area contributed by atoms with Crippen molar-refractivity contribution < 1.29 is 9.90 Å². The van der Waals surface area contributed by atoms with E-state index in [1.54, 1.807) is 6.20 Å². The third-order valence-corrected chi connectivity index (χ3v) is 3.49. The number of rotatable bonds is 2. The topological polar surface area (TPSA) is 53.4 Å². The molecule has 0 aliphatic carbocycles. The van der Waals surface area contributed by atoms with Crippen molar-refractivity contribution >= 4 is 34.2 Å². The number of hydrogen-bond donors (Lipinski definition) is 1. The number of carbonyl (C=O) groups is 1. The number of aliphatic carboxylic acids is 1. The van der Waals surface area contributed by atoms with Crippen molar-refractivity contribution in [3.8, 4) is 0 Å². The van der Waals surface area contributed by atoms with E-state index in [0.29, 0.717) is 18.1 Å². The average molecular weight is 263 g/mol. The lowest BCUT2D eigenvalue weighted by Crippen LogP contribution is -2.50. The number of pyridine rings is 1. The SMILES string of the molecule is O=C(O)C1CN(c2ccnc3cc(Cl)ccc23)C1. The molecule has 1 aliphatic heterocycles. The van der Waals surface area contributed by atoms with Crippen molar-refractivity contribution in [2.24, 2.45) is 5.92 Å². The highest BCUT2D eigenvalue weighted by Gasteiger charge is 2.33. The van der Waals surface area contributed by atoms with E-state index in [1.165, 1.54) is 0 Å². The van der Waals surface area contributed by atoms with Crippen LogP contribution in [0.1, 0.15) is 0 Å². The lowest BCUT2D eigenvalue weighted by molar-refractivity contribution is -0.142. The summed E-state index contributed by atoms with van der Waals surface area (Å²) in [5.74, 6) is -0.992. The molecule has 1 saturated heterocycles. The van der Waals surface area contributed by atoms with Gasteiger partial charge in [0.05, 0.1) is 11.4 Å². The fraction of sp³-hybridized carbons (Fsp3) is 0.231. The second-order valence-electron chi connectivity index (χ2n) is 4.43. The first-order chi connectivity index (χ1) is 8.65. The Kier molecular flexibility index (Phi) is 2.59. The summed E-state index contributed by atoms with van der Waals surface area (Å²) in [6.07, 6.45) is 1.72. The molecule has 0 unspecified atom stereocenters. The highest BCUT2D eigenvalue weighted by molar-refractivity contribution is 6.31. The van der Waals surface area contributed by atoms with Gasteiger partial charge >= 0.3 is 5.97 Å². The summed E-state index contributed by atoms with van der Waals surface area (Å²) in [5, 5.41) is 10.5. The van der Waals surface area contributed by atoms with Crippen LogP contribution in [0, 0.1) is 5.92 Å². The van der Waals surface area contributed by atoms with Crippen LogP contribution in [0.15, 0.2) is 30.5 Å². The van der Waals surface area contributed by atoms with Gasteiger partial charge in [-0.25, -0.2) is 0 Å². The van der Waals surface area contributed by atoms with Crippen LogP contribution >= 0.6 is 11.6 Å². The smallest absolute Gasteiger partial charge is 0.310 e. The summed E-state index contributed by atoms with van der Waals surface area (Å²) < 4.78 is 0. The summed E-state index contributed by atoms with van der Waals surface area (Å²) in [6.45, 7) is 1.11. The van der Waals surface area contributed by atoms with Crippen LogP contribution in [0.2, 0.25) is 5.02 Å². The van der Waals surface area contributed by atoms with E-state index in [0.717, 1.165) is 16.6 Å². The van der Waals surface area contributed by atoms with E-state index >= 15 is 0 Å². The summed E-state index contributed by atoms with van der Waals surface area (Å²) in [7, 11) is 0. The molecular weight excluding hydrogens is 252 g/mol. The van der Waals surface area contributed by atoms with E-state index < -0.39 is 5.97 Å². The van der Waals surface area contributed by atoms with Crippen molar-refractivity contribution in [2.75, 3.05) is 18.0 Å². The molecule has 1 aromatic carbocycles. The molecule has 1 aliphatic rings. The Balaban J connectivity index is 1.96. The fourth-order valence-corrected chi connectivity index (χ4v) is 2.38. The van der Waals surface area contributed by atoms with Gasteiger partial charge in [0.1, 0.15) is 0 Å².